The highest BCUT2D eigenvalue weighted by Crippen LogP contribution is 2.33. The Bertz CT molecular complexity index is 609. The molecule has 2 aromatic rings. The summed E-state index contributed by atoms with van der Waals surface area (Å²) < 4.78 is 50.9. The fourth-order valence-corrected chi connectivity index (χ4v) is 2.56. The van der Waals surface area contributed by atoms with Gasteiger partial charge in [-0.05, 0) is 24.6 Å². The molecule has 2 nitrogen and oxygen atoms in total. The summed E-state index contributed by atoms with van der Waals surface area (Å²) >= 11 is 1.32. The van der Waals surface area contributed by atoms with Gasteiger partial charge in [0.2, 0.25) is 0 Å². The number of aliphatic hydroxyl groups excluding tert-OH is 1. The summed E-state index contributed by atoms with van der Waals surface area (Å²) in [5, 5.41) is 12.3. The zero-order valence-corrected chi connectivity index (χ0v) is 11.2. The Labute approximate surface area is 116 Å². The summed E-state index contributed by atoms with van der Waals surface area (Å²) in [6.07, 6.45) is -5.83. The fourth-order valence-electron chi connectivity index (χ4n) is 1.75. The summed E-state index contributed by atoms with van der Waals surface area (Å²) in [7, 11) is 0. The van der Waals surface area contributed by atoms with Crippen LogP contribution in [0.3, 0.4) is 0 Å². The lowest BCUT2D eigenvalue weighted by Crippen LogP contribution is -2.10. The molecule has 0 saturated heterocycles. The van der Waals surface area contributed by atoms with E-state index in [0.717, 1.165) is 11.8 Å². The Hall–Kier alpha value is -1.47. The van der Waals surface area contributed by atoms with E-state index in [1.165, 1.54) is 11.3 Å². The third-order valence-corrected chi connectivity index (χ3v) is 3.70. The number of hydrogen-bond donors (Lipinski definition) is 1. The van der Waals surface area contributed by atoms with Crippen LogP contribution >= 0.6 is 11.3 Å². The number of aryl methyl sites for hydroxylation is 1. The van der Waals surface area contributed by atoms with Crippen molar-refractivity contribution in [2.45, 2.75) is 25.6 Å². The van der Waals surface area contributed by atoms with Crippen molar-refractivity contribution >= 4 is 11.3 Å². The van der Waals surface area contributed by atoms with E-state index in [0.29, 0.717) is 17.1 Å². The van der Waals surface area contributed by atoms with Gasteiger partial charge in [-0.2, -0.15) is 13.2 Å². The lowest BCUT2D eigenvalue weighted by atomic mass is 10.0. The first kappa shape index (κ1) is 14.9. The molecule has 2 rings (SSSR count). The molecule has 7 heteroatoms. The van der Waals surface area contributed by atoms with Gasteiger partial charge < -0.3 is 5.11 Å². The minimum atomic E-state index is -4.78. The summed E-state index contributed by atoms with van der Waals surface area (Å²) in [6, 6.07) is 2.50. The standard InChI is InChI=1S/C13H11F4NOS/c1-7-6-20-12(18-7)5-11(19)8-2-3-10(14)9(4-8)13(15,16)17/h2-4,6,11,19H,5H2,1H3. The van der Waals surface area contributed by atoms with Crippen molar-refractivity contribution in [2.24, 2.45) is 0 Å². The number of rotatable bonds is 3. The van der Waals surface area contributed by atoms with Crippen molar-refractivity contribution in [1.29, 1.82) is 0 Å². The molecule has 0 radical (unpaired) electrons. The number of benzene rings is 1. The molecule has 0 aliphatic rings. The molecular weight excluding hydrogens is 294 g/mol. The highest BCUT2D eigenvalue weighted by Gasteiger charge is 2.34. The van der Waals surface area contributed by atoms with E-state index in [-0.39, 0.29) is 12.0 Å². The van der Waals surface area contributed by atoms with Crippen LogP contribution in [0.4, 0.5) is 17.6 Å². The largest absolute Gasteiger partial charge is 0.419 e. The first-order valence-corrected chi connectivity index (χ1v) is 6.61. The van der Waals surface area contributed by atoms with Gasteiger partial charge in [-0.3, -0.25) is 0 Å². The van der Waals surface area contributed by atoms with Gasteiger partial charge in [0.1, 0.15) is 5.82 Å². The first-order valence-electron chi connectivity index (χ1n) is 5.73. The second kappa shape index (κ2) is 5.49. The third kappa shape index (κ3) is 3.34. The average Bonchev–Trinajstić information content (AvgIpc) is 2.73. The molecule has 1 aromatic carbocycles. The molecule has 1 heterocycles. The first-order chi connectivity index (χ1) is 9.27. The fraction of sp³-hybridized carbons (Fsp3) is 0.308. The van der Waals surface area contributed by atoms with Crippen molar-refractivity contribution in [2.75, 3.05) is 0 Å². The number of nitrogens with zero attached hydrogens (tertiary/aromatic N) is 1. The van der Waals surface area contributed by atoms with Gasteiger partial charge in [-0.1, -0.05) is 6.07 Å². The molecule has 0 fully saturated rings. The van der Waals surface area contributed by atoms with E-state index >= 15 is 0 Å². The molecule has 1 atom stereocenters. The molecule has 1 N–H and O–H groups in total. The highest BCUT2D eigenvalue weighted by molar-refractivity contribution is 7.09. The highest BCUT2D eigenvalue weighted by atomic mass is 32.1. The maximum absolute atomic E-state index is 13.1. The second-order valence-corrected chi connectivity index (χ2v) is 5.28. The predicted octanol–water partition coefficient (Wildman–Crippen LogP) is 3.89. The van der Waals surface area contributed by atoms with Crippen LogP contribution in [0.1, 0.15) is 27.9 Å². The van der Waals surface area contributed by atoms with Gasteiger partial charge in [-0.25, -0.2) is 9.37 Å². The van der Waals surface area contributed by atoms with E-state index in [9.17, 15) is 22.7 Å². The van der Waals surface area contributed by atoms with E-state index in [1.54, 1.807) is 12.3 Å². The van der Waals surface area contributed by atoms with Gasteiger partial charge in [-0.15, -0.1) is 11.3 Å². The molecule has 1 unspecified atom stereocenters. The number of hydrogen-bond acceptors (Lipinski definition) is 3. The van der Waals surface area contributed by atoms with Crippen LogP contribution in [0.25, 0.3) is 0 Å². The van der Waals surface area contributed by atoms with Crippen molar-refractivity contribution in [3.63, 3.8) is 0 Å². The Morgan fingerprint density at radius 1 is 1.35 bits per heavy atom. The van der Waals surface area contributed by atoms with E-state index < -0.39 is 23.7 Å². The molecule has 0 spiro atoms. The van der Waals surface area contributed by atoms with Crippen LogP contribution in [0.15, 0.2) is 23.6 Å². The number of alkyl halides is 3. The normalized spacial score (nSPS) is 13.5. The molecule has 0 saturated carbocycles. The Morgan fingerprint density at radius 3 is 2.60 bits per heavy atom. The quantitative estimate of drug-likeness (QED) is 0.873. The van der Waals surface area contributed by atoms with Gasteiger partial charge in [0, 0.05) is 17.5 Å². The summed E-state index contributed by atoms with van der Waals surface area (Å²) in [5.41, 5.74) is -0.566. The van der Waals surface area contributed by atoms with Crippen molar-refractivity contribution in [3.8, 4) is 0 Å². The minimum absolute atomic E-state index is 0.0200. The van der Waals surface area contributed by atoms with E-state index in [2.05, 4.69) is 4.98 Å². The zero-order valence-electron chi connectivity index (χ0n) is 10.4. The maximum Gasteiger partial charge on any atom is 0.419 e. The number of thiazole rings is 1. The summed E-state index contributed by atoms with van der Waals surface area (Å²) in [4.78, 5) is 4.13. The molecule has 20 heavy (non-hydrogen) atoms. The van der Waals surface area contributed by atoms with Crippen LogP contribution < -0.4 is 0 Å². The van der Waals surface area contributed by atoms with Gasteiger partial charge >= 0.3 is 6.18 Å². The monoisotopic (exact) mass is 305 g/mol. The van der Waals surface area contributed by atoms with Gasteiger partial charge in [0.05, 0.1) is 16.7 Å². The molecule has 0 bridgehead atoms. The van der Waals surface area contributed by atoms with Crippen LogP contribution in [-0.4, -0.2) is 10.1 Å². The number of aromatic nitrogens is 1. The molecule has 0 amide bonds. The molecular formula is C13H11F4NOS. The topological polar surface area (TPSA) is 33.1 Å². The summed E-state index contributed by atoms with van der Waals surface area (Å²) in [5.74, 6) is -1.35. The van der Waals surface area contributed by atoms with Crippen LogP contribution in [0.2, 0.25) is 0 Å². The number of aliphatic hydroxyl groups is 1. The van der Waals surface area contributed by atoms with E-state index in [4.69, 9.17) is 0 Å². The van der Waals surface area contributed by atoms with E-state index in [1.807, 2.05) is 0 Å². The Balaban J connectivity index is 2.24. The van der Waals surface area contributed by atoms with Crippen molar-refractivity contribution in [1.82, 2.24) is 4.98 Å². The van der Waals surface area contributed by atoms with Crippen LogP contribution in [0.5, 0.6) is 0 Å². The third-order valence-electron chi connectivity index (χ3n) is 2.72. The van der Waals surface area contributed by atoms with Crippen molar-refractivity contribution < 1.29 is 22.7 Å². The Kier molecular flexibility index (Phi) is 4.10. The van der Waals surface area contributed by atoms with Crippen LogP contribution in [-0.2, 0) is 12.6 Å². The Morgan fingerprint density at radius 2 is 2.05 bits per heavy atom. The second-order valence-electron chi connectivity index (χ2n) is 4.34. The van der Waals surface area contributed by atoms with Gasteiger partial charge in [0.15, 0.2) is 0 Å². The molecule has 0 aliphatic carbocycles. The number of halogens is 4. The van der Waals surface area contributed by atoms with Crippen LogP contribution in [0, 0.1) is 12.7 Å². The average molecular weight is 305 g/mol. The maximum atomic E-state index is 13.1. The minimum Gasteiger partial charge on any atom is -0.388 e. The molecule has 1 aromatic heterocycles. The molecule has 0 aliphatic heterocycles. The zero-order chi connectivity index (χ0) is 14.9. The lowest BCUT2D eigenvalue weighted by molar-refractivity contribution is -0.140. The smallest absolute Gasteiger partial charge is 0.388 e. The predicted molar refractivity (Wildman–Crippen MR) is 66.9 cm³/mol. The summed E-state index contributed by atoms with van der Waals surface area (Å²) in [6.45, 7) is 1.78. The van der Waals surface area contributed by atoms with Crippen molar-refractivity contribution in [3.05, 3.63) is 51.2 Å². The lowest BCUT2D eigenvalue weighted by Gasteiger charge is -2.13. The molecule has 108 valence electrons. The SMILES string of the molecule is Cc1csc(CC(O)c2ccc(F)c(C(F)(F)F)c2)n1. The van der Waals surface area contributed by atoms with Gasteiger partial charge in [0.25, 0.3) is 0 Å².